The summed E-state index contributed by atoms with van der Waals surface area (Å²) in [6.45, 7) is 5.03. The Morgan fingerprint density at radius 2 is 1.93 bits per heavy atom. The van der Waals surface area contributed by atoms with E-state index in [1.807, 2.05) is 36.9 Å². The Hall–Kier alpha value is -2.37. The smallest absolute Gasteiger partial charge is 0.257 e. The van der Waals surface area contributed by atoms with E-state index in [2.05, 4.69) is 0 Å². The minimum atomic E-state index is -0.687. The number of amides is 3. The van der Waals surface area contributed by atoms with Gasteiger partial charge in [-0.2, -0.15) is 0 Å². The molecule has 1 saturated heterocycles. The van der Waals surface area contributed by atoms with E-state index >= 15 is 0 Å². The van der Waals surface area contributed by atoms with Crippen LogP contribution < -0.4 is 4.90 Å². The fraction of sp³-hybridized carbons (Fsp3) is 0.591. The summed E-state index contributed by atoms with van der Waals surface area (Å²) in [5.74, 6) is 0.0706. The number of hydrogen-bond acceptors (Lipinski definition) is 3. The first-order valence-electron chi connectivity index (χ1n) is 10.5. The van der Waals surface area contributed by atoms with E-state index in [0.29, 0.717) is 49.6 Å². The molecule has 2 heterocycles. The van der Waals surface area contributed by atoms with Gasteiger partial charge in [0, 0.05) is 32.0 Å². The normalized spacial score (nSPS) is 24.5. The maximum Gasteiger partial charge on any atom is 0.257 e. The van der Waals surface area contributed by atoms with Gasteiger partial charge in [0.2, 0.25) is 11.8 Å². The summed E-state index contributed by atoms with van der Waals surface area (Å²) in [6.07, 6.45) is 5.85. The van der Waals surface area contributed by atoms with Gasteiger partial charge in [-0.3, -0.25) is 19.3 Å². The van der Waals surface area contributed by atoms with Gasteiger partial charge in [0.15, 0.2) is 0 Å². The van der Waals surface area contributed by atoms with E-state index in [4.69, 9.17) is 0 Å². The highest BCUT2D eigenvalue weighted by Gasteiger charge is 2.52. The number of hydrogen-bond donors (Lipinski definition) is 0. The second-order valence-corrected chi connectivity index (χ2v) is 8.29. The van der Waals surface area contributed by atoms with Crippen LogP contribution in [-0.2, 0) is 9.59 Å². The van der Waals surface area contributed by atoms with Crippen molar-refractivity contribution in [1.82, 2.24) is 9.80 Å². The van der Waals surface area contributed by atoms with Crippen LogP contribution >= 0.6 is 0 Å². The molecule has 6 nitrogen and oxygen atoms in total. The largest absolute Gasteiger partial charge is 0.340 e. The third-order valence-corrected chi connectivity index (χ3v) is 6.72. The van der Waals surface area contributed by atoms with Crippen LogP contribution in [0, 0.1) is 0 Å². The van der Waals surface area contributed by atoms with E-state index in [0.717, 1.165) is 12.8 Å². The van der Waals surface area contributed by atoms with E-state index in [9.17, 15) is 14.4 Å². The molecule has 0 spiro atoms. The second kappa shape index (κ2) is 7.22. The Labute approximate surface area is 166 Å². The van der Waals surface area contributed by atoms with E-state index in [-0.39, 0.29) is 17.7 Å². The van der Waals surface area contributed by atoms with Crippen LogP contribution in [0.4, 0.5) is 5.69 Å². The molecule has 0 N–H and O–H groups in total. The zero-order valence-corrected chi connectivity index (χ0v) is 16.8. The molecule has 150 valence electrons. The monoisotopic (exact) mass is 383 g/mol. The molecule has 1 unspecified atom stereocenters. The van der Waals surface area contributed by atoms with Gasteiger partial charge in [0.25, 0.3) is 5.91 Å². The second-order valence-electron chi connectivity index (χ2n) is 8.29. The van der Waals surface area contributed by atoms with Gasteiger partial charge in [0.1, 0.15) is 5.66 Å². The quantitative estimate of drug-likeness (QED) is 0.785. The van der Waals surface area contributed by atoms with Crippen LogP contribution in [-0.4, -0.2) is 52.3 Å². The van der Waals surface area contributed by atoms with Gasteiger partial charge in [-0.05, 0) is 45.2 Å². The maximum atomic E-state index is 13.2. The van der Waals surface area contributed by atoms with Gasteiger partial charge in [-0.25, -0.2) is 0 Å². The first-order valence-corrected chi connectivity index (χ1v) is 10.5. The van der Waals surface area contributed by atoms with Crippen molar-refractivity contribution >= 4 is 23.4 Å². The Bertz CT molecular complexity index is 802. The molecule has 4 rings (SSSR count). The highest BCUT2D eigenvalue weighted by Crippen LogP contribution is 2.44. The molecule has 0 bridgehead atoms. The highest BCUT2D eigenvalue weighted by atomic mass is 16.2. The van der Waals surface area contributed by atoms with Crippen molar-refractivity contribution in [2.24, 2.45) is 0 Å². The third-order valence-electron chi connectivity index (χ3n) is 6.72. The number of benzene rings is 1. The van der Waals surface area contributed by atoms with Crippen LogP contribution in [0.15, 0.2) is 24.3 Å². The lowest BCUT2D eigenvalue weighted by Crippen LogP contribution is -2.62. The number of nitrogens with zero attached hydrogens (tertiary/aromatic N) is 3. The van der Waals surface area contributed by atoms with Crippen LogP contribution in [0.5, 0.6) is 0 Å². The number of rotatable bonds is 5. The molecule has 1 saturated carbocycles. The summed E-state index contributed by atoms with van der Waals surface area (Å²) in [5.41, 5.74) is 0.555. The minimum Gasteiger partial charge on any atom is -0.340 e. The Balaban J connectivity index is 1.56. The summed E-state index contributed by atoms with van der Waals surface area (Å²) in [4.78, 5) is 44.3. The van der Waals surface area contributed by atoms with Crippen molar-refractivity contribution in [2.45, 2.75) is 70.5 Å². The summed E-state index contributed by atoms with van der Waals surface area (Å²) < 4.78 is 0. The lowest BCUT2D eigenvalue weighted by Gasteiger charge is -2.48. The van der Waals surface area contributed by atoms with Crippen LogP contribution in [0.3, 0.4) is 0 Å². The van der Waals surface area contributed by atoms with Gasteiger partial charge >= 0.3 is 0 Å². The summed E-state index contributed by atoms with van der Waals surface area (Å²) >= 11 is 0. The Kier molecular flexibility index (Phi) is 4.89. The van der Waals surface area contributed by atoms with Gasteiger partial charge in [-0.1, -0.05) is 25.0 Å². The standard InChI is InChI=1S/C22H29N3O3/c1-3-23(16-8-4-5-9-16)19(26)13-15-24-21(28)17-10-6-7-11-18(17)25-20(27)12-14-22(24,25)2/h6-7,10-11,16H,3-5,8-9,12-15H2,1-2H3. The average Bonchev–Trinajstić information content (AvgIpc) is 3.31. The molecule has 2 aliphatic heterocycles. The van der Waals surface area contributed by atoms with Gasteiger partial charge < -0.3 is 9.80 Å². The zero-order chi connectivity index (χ0) is 19.9. The lowest BCUT2D eigenvalue weighted by molar-refractivity contribution is -0.133. The maximum absolute atomic E-state index is 13.2. The molecule has 0 aromatic heterocycles. The van der Waals surface area contributed by atoms with Crippen molar-refractivity contribution in [1.29, 1.82) is 0 Å². The number of fused-ring (bicyclic) bond motifs is 3. The molecule has 3 aliphatic rings. The summed E-state index contributed by atoms with van der Waals surface area (Å²) in [5, 5.41) is 0. The highest BCUT2D eigenvalue weighted by molar-refractivity contribution is 6.10. The van der Waals surface area contributed by atoms with Gasteiger partial charge in [0.05, 0.1) is 11.3 Å². The van der Waals surface area contributed by atoms with Crippen molar-refractivity contribution in [3.05, 3.63) is 29.8 Å². The topological polar surface area (TPSA) is 60.9 Å². The molecule has 1 atom stereocenters. The van der Waals surface area contributed by atoms with Crippen molar-refractivity contribution in [2.75, 3.05) is 18.0 Å². The summed E-state index contributed by atoms with van der Waals surface area (Å²) in [6, 6.07) is 7.64. The van der Waals surface area contributed by atoms with Crippen molar-refractivity contribution in [3.8, 4) is 0 Å². The molecule has 1 aromatic carbocycles. The fourth-order valence-corrected chi connectivity index (χ4v) is 5.25. The van der Waals surface area contributed by atoms with Crippen molar-refractivity contribution in [3.63, 3.8) is 0 Å². The molecule has 6 heteroatoms. The predicted octanol–water partition coefficient (Wildman–Crippen LogP) is 3.17. The number of para-hydroxylation sites is 1. The lowest BCUT2D eigenvalue weighted by atomic mass is 9.98. The Morgan fingerprint density at radius 3 is 2.64 bits per heavy atom. The summed E-state index contributed by atoms with van der Waals surface area (Å²) in [7, 11) is 0. The molecule has 0 radical (unpaired) electrons. The molecular weight excluding hydrogens is 354 g/mol. The number of carbonyl (C=O) groups is 3. The van der Waals surface area contributed by atoms with Crippen LogP contribution in [0.1, 0.15) is 69.2 Å². The molecule has 28 heavy (non-hydrogen) atoms. The van der Waals surface area contributed by atoms with Gasteiger partial charge in [-0.15, -0.1) is 0 Å². The zero-order valence-electron chi connectivity index (χ0n) is 16.8. The molecule has 1 aliphatic carbocycles. The van der Waals surface area contributed by atoms with Crippen LogP contribution in [0.25, 0.3) is 0 Å². The molecule has 2 fully saturated rings. The van der Waals surface area contributed by atoms with Crippen molar-refractivity contribution < 1.29 is 14.4 Å². The first-order chi connectivity index (χ1) is 13.5. The van der Waals surface area contributed by atoms with Crippen LogP contribution in [0.2, 0.25) is 0 Å². The first kappa shape index (κ1) is 19.0. The number of anilines is 1. The van der Waals surface area contributed by atoms with E-state index in [1.165, 1.54) is 12.8 Å². The fourth-order valence-electron chi connectivity index (χ4n) is 5.25. The van der Waals surface area contributed by atoms with E-state index in [1.54, 1.807) is 15.9 Å². The molecule has 1 aromatic rings. The number of carbonyl (C=O) groups excluding carboxylic acids is 3. The average molecular weight is 383 g/mol. The SMILES string of the molecule is CCN(C(=O)CCN1C(=O)c2ccccc2N2C(=O)CCC12C)C1CCCC1. The van der Waals surface area contributed by atoms with E-state index < -0.39 is 5.66 Å². The molecular formula is C22H29N3O3. The predicted molar refractivity (Wildman–Crippen MR) is 107 cm³/mol. The Morgan fingerprint density at radius 1 is 1.21 bits per heavy atom. The minimum absolute atomic E-state index is 0.0416. The molecule has 3 amide bonds. The third kappa shape index (κ3) is 2.90.